The van der Waals surface area contributed by atoms with Crippen molar-refractivity contribution in [2.45, 2.75) is 26.2 Å². The van der Waals surface area contributed by atoms with Gasteiger partial charge in [0.25, 0.3) is 0 Å². The lowest BCUT2D eigenvalue weighted by Gasteiger charge is -2.11. The molecule has 0 aliphatic heterocycles. The number of nitrogens with one attached hydrogen (secondary N) is 1. The maximum atomic E-state index is 12.2. The normalized spacial score (nSPS) is 13.8. The maximum Gasteiger partial charge on any atom is 0.224 e. The van der Waals surface area contributed by atoms with E-state index in [2.05, 4.69) is 5.32 Å². The zero-order valence-corrected chi connectivity index (χ0v) is 14.5. The molecule has 0 bridgehead atoms. The molecule has 2 heterocycles. The van der Waals surface area contributed by atoms with Gasteiger partial charge in [0.15, 0.2) is 0 Å². The number of hydrogen-bond acceptors (Lipinski definition) is 3. The third-order valence-corrected chi connectivity index (χ3v) is 4.62. The van der Waals surface area contributed by atoms with E-state index in [-0.39, 0.29) is 5.91 Å². The van der Waals surface area contributed by atoms with E-state index in [1.807, 2.05) is 54.0 Å². The molecule has 0 saturated heterocycles. The molecule has 1 aliphatic carbocycles. The molecule has 25 heavy (non-hydrogen) atoms. The van der Waals surface area contributed by atoms with Crippen LogP contribution < -0.4 is 10.1 Å². The smallest absolute Gasteiger partial charge is 0.224 e. The van der Waals surface area contributed by atoms with E-state index in [0.717, 1.165) is 35.3 Å². The highest BCUT2D eigenvalue weighted by molar-refractivity contribution is 5.93. The molecule has 128 valence electrons. The number of aromatic nitrogens is 2. The average molecular weight is 335 g/mol. The lowest BCUT2D eigenvalue weighted by Crippen LogP contribution is -2.12. The molecule has 1 amide bonds. The van der Waals surface area contributed by atoms with Gasteiger partial charge in [0.1, 0.15) is 11.4 Å². The van der Waals surface area contributed by atoms with Crippen LogP contribution >= 0.6 is 0 Å². The first-order valence-corrected chi connectivity index (χ1v) is 8.56. The molecule has 0 radical (unpaired) electrons. The van der Waals surface area contributed by atoms with Crippen LogP contribution in [0, 0.1) is 12.8 Å². The summed E-state index contributed by atoms with van der Waals surface area (Å²) in [5.74, 6) is 1.26. The fourth-order valence-corrected chi connectivity index (χ4v) is 3.04. The van der Waals surface area contributed by atoms with Crippen molar-refractivity contribution in [1.82, 2.24) is 9.38 Å². The number of methoxy groups -OCH3 is 1. The Morgan fingerprint density at radius 2 is 2.20 bits per heavy atom. The van der Waals surface area contributed by atoms with Crippen LogP contribution in [0.1, 0.15) is 24.8 Å². The molecule has 2 aromatic heterocycles. The molecule has 0 spiro atoms. The van der Waals surface area contributed by atoms with E-state index in [9.17, 15) is 4.79 Å². The lowest BCUT2D eigenvalue weighted by atomic mass is 10.1. The minimum atomic E-state index is 0.0452. The molecule has 1 fully saturated rings. The van der Waals surface area contributed by atoms with E-state index in [4.69, 9.17) is 9.72 Å². The van der Waals surface area contributed by atoms with Crippen molar-refractivity contribution in [3.05, 3.63) is 48.3 Å². The minimum Gasteiger partial charge on any atom is -0.495 e. The monoisotopic (exact) mass is 335 g/mol. The molecule has 0 atom stereocenters. The van der Waals surface area contributed by atoms with Crippen molar-refractivity contribution in [2.24, 2.45) is 5.92 Å². The second kappa shape index (κ2) is 6.24. The summed E-state index contributed by atoms with van der Waals surface area (Å²) in [6, 6.07) is 9.82. The Bertz CT molecular complexity index is 941. The maximum absolute atomic E-state index is 12.2. The minimum absolute atomic E-state index is 0.0452. The highest BCUT2D eigenvalue weighted by Crippen LogP contribution is 2.34. The van der Waals surface area contributed by atoms with Crippen LogP contribution in [-0.4, -0.2) is 22.4 Å². The largest absolute Gasteiger partial charge is 0.495 e. The Morgan fingerprint density at radius 3 is 2.92 bits per heavy atom. The van der Waals surface area contributed by atoms with E-state index >= 15 is 0 Å². The molecule has 1 saturated carbocycles. The number of anilines is 1. The number of fused-ring (bicyclic) bond motifs is 1. The average Bonchev–Trinajstić information content (AvgIpc) is 3.29. The molecular weight excluding hydrogens is 314 g/mol. The van der Waals surface area contributed by atoms with Gasteiger partial charge in [0.2, 0.25) is 5.91 Å². The summed E-state index contributed by atoms with van der Waals surface area (Å²) < 4.78 is 7.41. The van der Waals surface area contributed by atoms with Crippen LogP contribution in [0.15, 0.2) is 42.7 Å². The van der Waals surface area contributed by atoms with E-state index in [1.165, 1.54) is 0 Å². The Hall–Kier alpha value is -2.82. The van der Waals surface area contributed by atoms with Crippen LogP contribution in [-0.2, 0) is 4.79 Å². The number of hydrogen-bond donors (Lipinski definition) is 1. The molecule has 5 nitrogen and oxygen atoms in total. The van der Waals surface area contributed by atoms with Gasteiger partial charge in [-0.15, -0.1) is 0 Å². The van der Waals surface area contributed by atoms with Crippen LogP contribution in [0.25, 0.3) is 16.9 Å². The lowest BCUT2D eigenvalue weighted by molar-refractivity contribution is -0.116. The van der Waals surface area contributed by atoms with Gasteiger partial charge < -0.3 is 14.5 Å². The van der Waals surface area contributed by atoms with Gasteiger partial charge in [-0.25, -0.2) is 4.98 Å². The molecule has 1 aromatic carbocycles. The summed E-state index contributed by atoms with van der Waals surface area (Å²) >= 11 is 0. The number of carbonyl (C=O) groups is 1. The molecule has 4 rings (SSSR count). The van der Waals surface area contributed by atoms with Crippen molar-refractivity contribution in [1.29, 1.82) is 0 Å². The van der Waals surface area contributed by atoms with Crippen molar-refractivity contribution < 1.29 is 9.53 Å². The van der Waals surface area contributed by atoms with Crippen molar-refractivity contribution in [3.8, 4) is 17.0 Å². The predicted octanol–water partition coefficient (Wildman–Crippen LogP) is 4.06. The Morgan fingerprint density at radius 1 is 1.36 bits per heavy atom. The Balaban J connectivity index is 1.67. The predicted molar refractivity (Wildman–Crippen MR) is 97.9 cm³/mol. The molecule has 0 unspecified atom stereocenters. The van der Waals surface area contributed by atoms with Crippen molar-refractivity contribution in [2.75, 3.05) is 12.4 Å². The number of benzene rings is 1. The number of pyridine rings is 1. The van der Waals surface area contributed by atoms with E-state index < -0.39 is 0 Å². The molecular formula is C20H21N3O2. The number of amides is 1. The van der Waals surface area contributed by atoms with Crippen molar-refractivity contribution in [3.63, 3.8) is 0 Å². The summed E-state index contributed by atoms with van der Waals surface area (Å²) in [6.07, 6.45) is 6.89. The number of imidazole rings is 1. The van der Waals surface area contributed by atoms with Crippen LogP contribution in [0.4, 0.5) is 5.69 Å². The van der Waals surface area contributed by atoms with E-state index in [0.29, 0.717) is 23.8 Å². The quantitative estimate of drug-likeness (QED) is 0.765. The number of carbonyl (C=O) groups excluding carboxylic acids is 1. The second-order valence-corrected chi connectivity index (χ2v) is 6.66. The number of rotatable bonds is 5. The molecule has 3 aromatic rings. The zero-order chi connectivity index (χ0) is 17.4. The fourth-order valence-electron chi connectivity index (χ4n) is 3.04. The highest BCUT2D eigenvalue weighted by atomic mass is 16.5. The van der Waals surface area contributed by atoms with Gasteiger partial charge >= 0.3 is 0 Å². The molecule has 1 N–H and O–H groups in total. The van der Waals surface area contributed by atoms with Gasteiger partial charge in [0, 0.05) is 24.4 Å². The number of aryl methyl sites for hydroxylation is 1. The second-order valence-electron chi connectivity index (χ2n) is 6.66. The van der Waals surface area contributed by atoms with Gasteiger partial charge in [-0.05, 0) is 55.5 Å². The first-order chi connectivity index (χ1) is 12.1. The van der Waals surface area contributed by atoms with Gasteiger partial charge in [-0.3, -0.25) is 4.79 Å². The standard InChI is InChI=1S/C20H21N3O2/c1-13-4-3-9-23-12-17(22-20(13)23)15-7-8-18(25-2)16(11-15)21-19(24)10-14-5-6-14/h3-4,7-9,11-12,14H,5-6,10H2,1-2H3,(H,21,24). The van der Waals surface area contributed by atoms with Crippen LogP contribution in [0.5, 0.6) is 5.75 Å². The zero-order valence-electron chi connectivity index (χ0n) is 14.5. The topological polar surface area (TPSA) is 55.6 Å². The van der Waals surface area contributed by atoms with Gasteiger partial charge in [-0.1, -0.05) is 6.07 Å². The first-order valence-electron chi connectivity index (χ1n) is 8.56. The molecule has 1 aliphatic rings. The molecule has 5 heteroatoms. The summed E-state index contributed by atoms with van der Waals surface area (Å²) in [6.45, 7) is 2.05. The van der Waals surface area contributed by atoms with Gasteiger partial charge in [-0.2, -0.15) is 0 Å². The summed E-state index contributed by atoms with van der Waals surface area (Å²) in [4.78, 5) is 16.9. The SMILES string of the molecule is COc1ccc(-c2cn3cccc(C)c3n2)cc1NC(=O)CC1CC1. The van der Waals surface area contributed by atoms with Crippen LogP contribution in [0.3, 0.4) is 0 Å². The summed E-state index contributed by atoms with van der Waals surface area (Å²) in [7, 11) is 1.61. The fraction of sp³-hybridized carbons (Fsp3) is 0.300. The number of ether oxygens (including phenoxy) is 1. The third-order valence-electron chi connectivity index (χ3n) is 4.62. The number of nitrogens with zero attached hydrogens (tertiary/aromatic N) is 2. The third kappa shape index (κ3) is 3.22. The summed E-state index contributed by atoms with van der Waals surface area (Å²) in [5, 5.41) is 2.99. The summed E-state index contributed by atoms with van der Waals surface area (Å²) in [5.41, 5.74) is 4.58. The van der Waals surface area contributed by atoms with Gasteiger partial charge in [0.05, 0.1) is 18.5 Å². The highest BCUT2D eigenvalue weighted by Gasteiger charge is 2.24. The van der Waals surface area contributed by atoms with E-state index in [1.54, 1.807) is 7.11 Å². The van der Waals surface area contributed by atoms with Crippen molar-refractivity contribution >= 4 is 17.2 Å². The van der Waals surface area contributed by atoms with Crippen LogP contribution in [0.2, 0.25) is 0 Å². The first kappa shape index (κ1) is 15.7. The Kier molecular flexibility index (Phi) is 3.92. The Labute approximate surface area is 146 Å².